The van der Waals surface area contributed by atoms with Crippen LogP contribution in [-0.4, -0.2) is 57.2 Å². The smallest absolute Gasteiger partial charge is 0.255 e. The van der Waals surface area contributed by atoms with Crippen LogP contribution in [0.3, 0.4) is 0 Å². The van der Waals surface area contributed by atoms with E-state index in [1.54, 1.807) is 12.5 Å². The molecule has 1 fully saturated rings. The summed E-state index contributed by atoms with van der Waals surface area (Å²) < 4.78 is 12.0. The average molecular weight is 538 g/mol. The molecule has 1 amide bonds. The molecule has 4 aromatic rings. The standard InChI is InChI=1S/C28H28ClN3O4S/c1-35-24-9-8-20(29)16-22(24)32-14-12-31(13-15-32)11-5-10-30-28(34)21-18-37-27-23(33)17-25(36-26(21)27)19-6-3-2-4-7-19/h2-4,6-9,16-18H,5,10-15H2,1H3,(H,30,34). The van der Waals surface area contributed by atoms with Crippen LogP contribution in [0.2, 0.25) is 5.02 Å². The summed E-state index contributed by atoms with van der Waals surface area (Å²) in [6.07, 6.45) is 0.827. The molecule has 1 N–H and O–H groups in total. The van der Waals surface area contributed by atoms with Crippen molar-refractivity contribution in [2.24, 2.45) is 0 Å². The Balaban J connectivity index is 1.14. The summed E-state index contributed by atoms with van der Waals surface area (Å²) in [6.45, 7) is 5.04. The number of ether oxygens (including phenoxy) is 1. The van der Waals surface area contributed by atoms with Gasteiger partial charge in [0, 0.05) is 54.8 Å². The molecule has 0 unspecified atom stereocenters. The summed E-state index contributed by atoms with van der Waals surface area (Å²) in [5.41, 5.74) is 2.43. The Morgan fingerprint density at radius 3 is 2.65 bits per heavy atom. The molecule has 3 heterocycles. The van der Waals surface area contributed by atoms with Gasteiger partial charge in [-0.25, -0.2) is 0 Å². The third-order valence-electron chi connectivity index (χ3n) is 6.54. The molecule has 0 saturated carbocycles. The van der Waals surface area contributed by atoms with Crippen LogP contribution < -0.4 is 20.4 Å². The zero-order valence-electron chi connectivity index (χ0n) is 20.5. The third kappa shape index (κ3) is 5.66. The Labute approximate surface area is 224 Å². The Morgan fingerprint density at radius 1 is 1.11 bits per heavy atom. The normalized spacial score (nSPS) is 14.2. The van der Waals surface area contributed by atoms with E-state index in [0.717, 1.165) is 56.1 Å². The Bertz CT molecular complexity index is 1450. The van der Waals surface area contributed by atoms with Crippen molar-refractivity contribution in [3.63, 3.8) is 0 Å². The van der Waals surface area contributed by atoms with Gasteiger partial charge in [-0.15, -0.1) is 11.3 Å². The summed E-state index contributed by atoms with van der Waals surface area (Å²) in [5.74, 6) is 1.06. The second kappa shape index (κ2) is 11.4. The molecular weight excluding hydrogens is 510 g/mol. The van der Waals surface area contributed by atoms with Crippen LogP contribution in [0.4, 0.5) is 5.69 Å². The number of hydrogen-bond donors (Lipinski definition) is 1. The number of piperazine rings is 1. The number of carbonyl (C=O) groups excluding carboxylic acids is 1. The lowest BCUT2D eigenvalue weighted by Gasteiger charge is -2.36. The van der Waals surface area contributed by atoms with Crippen LogP contribution in [0.25, 0.3) is 21.6 Å². The van der Waals surface area contributed by atoms with Gasteiger partial charge >= 0.3 is 0 Å². The van der Waals surface area contributed by atoms with Crippen molar-refractivity contribution in [2.45, 2.75) is 6.42 Å². The predicted molar refractivity (Wildman–Crippen MR) is 149 cm³/mol. The molecule has 37 heavy (non-hydrogen) atoms. The molecule has 1 aliphatic rings. The second-order valence-electron chi connectivity index (χ2n) is 8.90. The van der Waals surface area contributed by atoms with Crippen molar-refractivity contribution >= 4 is 44.8 Å². The van der Waals surface area contributed by atoms with Crippen molar-refractivity contribution < 1.29 is 13.9 Å². The molecule has 0 atom stereocenters. The largest absolute Gasteiger partial charge is 0.495 e. The number of fused-ring (bicyclic) bond motifs is 1. The number of methoxy groups -OCH3 is 1. The lowest BCUT2D eigenvalue weighted by molar-refractivity contribution is 0.0952. The van der Waals surface area contributed by atoms with E-state index in [-0.39, 0.29) is 11.3 Å². The first-order chi connectivity index (χ1) is 18.0. The highest BCUT2D eigenvalue weighted by atomic mass is 35.5. The number of hydrogen-bond acceptors (Lipinski definition) is 7. The quantitative estimate of drug-likeness (QED) is 0.314. The first kappa shape index (κ1) is 25.3. The number of rotatable bonds is 8. The fourth-order valence-electron chi connectivity index (χ4n) is 4.57. The van der Waals surface area contributed by atoms with Gasteiger partial charge in [0.25, 0.3) is 5.91 Å². The van der Waals surface area contributed by atoms with Crippen LogP contribution in [0.15, 0.2) is 69.2 Å². The molecule has 0 aliphatic carbocycles. The molecular formula is C28H28ClN3O4S. The van der Waals surface area contributed by atoms with Crippen molar-refractivity contribution in [3.05, 3.63) is 80.8 Å². The van der Waals surface area contributed by atoms with Crippen LogP contribution in [0.1, 0.15) is 16.8 Å². The predicted octanol–water partition coefficient (Wildman–Crippen LogP) is 5.13. The van der Waals surface area contributed by atoms with E-state index in [2.05, 4.69) is 15.1 Å². The maximum atomic E-state index is 12.9. The van der Waals surface area contributed by atoms with Gasteiger partial charge in [-0.05, 0) is 31.2 Å². The van der Waals surface area contributed by atoms with Crippen molar-refractivity contribution in [2.75, 3.05) is 51.3 Å². The number of nitrogens with zero attached hydrogens (tertiary/aromatic N) is 2. The zero-order valence-corrected chi connectivity index (χ0v) is 22.1. The van der Waals surface area contributed by atoms with Gasteiger partial charge in [-0.2, -0.15) is 0 Å². The van der Waals surface area contributed by atoms with Gasteiger partial charge in [0.1, 0.15) is 16.2 Å². The number of nitrogens with one attached hydrogen (secondary N) is 1. The minimum absolute atomic E-state index is 0.140. The highest BCUT2D eigenvalue weighted by molar-refractivity contribution is 7.17. The van der Waals surface area contributed by atoms with E-state index in [1.165, 1.54) is 17.4 Å². The topological polar surface area (TPSA) is 75.0 Å². The monoisotopic (exact) mass is 537 g/mol. The van der Waals surface area contributed by atoms with Crippen molar-refractivity contribution in [1.82, 2.24) is 10.2 Å². The van der Waals surface area contributed by atoms with Gasteiger partial charge in [0.2, 0.25) is 5.43 Å². The van der Waals surface area contributed by atoms with Gasteiger partial charge in [-0.3, -0.25) is 14.5 Å². The molecule has 0 bridgehead atoms. The zero-order chi connectivity index (χ0) is 25.8. The maximum absolute atomic E-state index is 12.9. The van der Waals surface area contributed by atoms with Crippen LogP contribution in [0, 0.1) is 0 Å². The molecule has 2 aromatic carbocycles. The van der Waals surface area contributed by atoms with Gasteiger partial charge < -0.3 is 19.4 Å². The number of amides is 1. The van der Waals surface area contributed by atoms with E-state index in [4.69, 9.17) is 20.8 Å². The summed E-state index contributed by atoms with van der Waals surface area (Å²) in [7, 11) is 1.67. The van der Waals surface area contributed by atoms with Crippen molar-refractivity contribution in [1.29, 1.82) is 0 Å². The SMILES string of the molecule is COc1ccc(Cl)cc1N1CCN(CCCNC(=O)c2csc3c(=O)cc(-c4ccccc4)oc23)CC1. The Kier molecular flexibility index (Phi) is 7.79. The number of anilines is 1. The van der Waals surface area contributed by atoms with Gasteiger partial charge in [0.15, 0.2) is 5.58 Å². The molecule has 1 saturated heterocycles. The summed E-state index contributed by atoms with van der Waals surface area (Å²) in [4.78, 5) is 30.2. The third-order valence-corrected chi connectivity index (χ3v) is 7.75. The molecule has 1 aliphatic heterocycles. The number of benzene rings is 2. The highest BCUT2D eigenvalue weighted by Gasteiger charge is 2.21. The fraction of sp³-hybridized carbons (Fsp3) is 0.286. The molecule has 9 heteroatoms. The molecule has 7 nitrogen and oxygen atoms in total. The van der Waals surface area contributed by atoms with E-state index >= 15 is 0 Å². The van der Waals surface area contributed by atoms with E-state index in [1.807, 2.05) is 48.5 Å². The summed E-state index contributed by atoms with van der Waals surface area (Å²) in [5, 5.41) is 5.38. The van der Waals surface area contributed by atoms with E-state index in [9.17, 15) is 9.59 Å². The molecule has 192 valence electrons. The molecule has 0 radical (unpaired) electrons. The van der Waals surface area contributed by atoms with Crippen LogP contribution in [-0.2, 0) is 0 Å². The van der Waals surface area contributed by atoms with Gasteiger partial charge in [-0.1, -0.05) is 41.9 Å². The van der Waals surface area contributed by atoms with E-state index < -0.39 is 0 Å². The first-order valence-corrected chi connectivity index (χ1v) is 13.5. The maximum Gasteiger partial charge on any atom is 0.255 e. The minimum Gasteiger partial charge on any atom is -0.495 e. The van der Waals surface area contributed by atoms with Crippen molar-refractivity contribution in [3.8, 4) is 17.1 Å². The summed E-state index contributed by atoms with van der Waals surface area (Å²) >= 11 is 7.44. The van der Waals surface area contributed by atoms with E-state index in [0.29, 0.717) is 33.2 Å². The summed E-state index contributed by atoms with van der Waals surface area (Å²) in [6, 6.07) is 16.6. The average Bonchev–Trinajstić information content (AvgIpc) is 3.37. The molecule has 2 aromatic heterocycles. The first-order valence-electron chi connectivity index (χ1n) is 12.2. The number of carbonyl (C=O) groups is 1. The lowest BCUT2D eigenvalue weighted by atomic mass is 10.1. The number of halogens is 1. The minimum atomic E-state index is -0.225. The van der Waals surface area contributed by atoms with Crippen LogP contribution >= 0.6 is 22.9 Å². The molecule has 5 rings (SSSR count). The second-order valence-corrected chi connectivity index (χ2v) is 10.2. The highest BCUT2D eigenvalue weighted by Crippen LogP contribution is 2.32. The lowest BCUT2D eigenvalue weighted by Crippen LogP contribution is -2.47. The Morgan fingerprint density at radius 2 is 1.89 bits per heavy atom. The number of thiophene rings is 1. The van der Waals surface area contributed by atoms with Crippen LogP contribution in [0.5, 0.6) is 5.75 Å². The Hall–Kier alpha value is -3.33. The molecule has 0 spiro atoms. The fourth-order valence-corrected chi connectivity index (χ4v) is 5.62. The van der Waals surface area contributed by atoms with Gasteiger partial charge in [0.05, 0.1) is 18.4 Å².